The molecule has 4 atom stereocenters. The molecule has 0 spiro atoms. The highest BCUT2D eigenvalue weighted by atomic mass is 79.9. The Hall–Kier alpha value is 0.220. The van der Waals surface area contributed by atoms with Crippen molar-refractivity contribution in [3.8, 4) is 0 Å². The summed E-state index contributed by atoms with van der Waals surface area (Å²) in [5.41, 5.74) is 0. The van der Waals surface area contributed by atoms with E-state index in [1.54, 1.807) is 6.42 Å². The van der Waals surface area contributed by atoms with Crippen LogP contribution in [0.2, 0.25) is 0 Å². The van der Waals surface area contributed by atoms with Crippen molar-refractivity contribution in [2.75, 3.05) is 0 Å². The first kappa shape index (κ1) is 14.2. The molecule has 3 saturated carbocycles. The van der Waals surface area contributed by atoms with Crippen LogP contribution in [0.15, 0.2) is 12.7 Å². The van der Waals surface area contributed by atoms with E-state index in [1.807, 2.05) is 0 Å². The number of alkyl halides is 1. The van der Waals surface area contributed by atoms with Crippen molar-refractivity contribution < 1.29 is 0 Å². The zero-order valence-corrected chi connectivity index (χ0v) is 13.8. The largest absolute Gasteiger partial charge is 0.103 e. The molecule has 0 amide bonds. The van der Waals surface area contributed by atoms with Gasteiger partial charge in [0.25, 0.3) is 0 Å². The van der Waals surface area contributed by atoms with Gasteiger partial charge in [0.05, 0.1) is 0 Å². The van der Waals surface area contributed by atoms with Crippen molar-refractivity contribution in [2.24, 2.45) is 29.6 Å². The van der Waals surface area contributed by atoms with Crippen molar-refractivity contribution in [3.63, 3.8) is 0 Å². The van der Waals surface area contributed by atoms with E-state index < -0.39 is 0 Å². The molecule has 0 aromatic rings. The van der Waals surface area contributed by atoms with E-state index in [2.05, 4.69) is 28.6 Å². The molecule has 0 heterocycles. The summed E-state index contributed by atoms with van der Waals surface area (Å²) in [4.78, 5) is 0.822. The van der Waals surface area contributed by atoms with Crippen LogP contribution in [0.3, 0.4) is 0 Å². The number of rotatable bonds is 2. The molecule has 0 bridgehead atoms. The minimum atomic E-state index is 0.822. The summed E-state index contributed by atoms with van der Waals surface area (Å²) in [6, 6.07) is 0. The predicted octanol–water partition coefficient (Wildman–Crippen LogP) is 5.96. The molecular formula is C18H29Br. The third-order valence-corrected chi connectivity index (χ3v) is 7.31. The van der Waals surface area contributed by atoms with Gasteiger partial charge in [-0.25, -0.2) is 0 Å². The minimum Gasteiger partial charge on any atom is -0.103 e. The van der Waals surface area contributed by atoms with Crippen LogP contribution in [0.25, 0.3) is 0 Å². The molecule has 3 aliphatic rings. The Bertz CT molecular complexity index is 303. The van der Waals surface area contributed by atoms with Crippen LogP contribution < -0.4 is 0 Å². The lowest BCUT2D eigenvalue weighted by Crippen LogP contribution is -2.34. The van der Waals surface area contributed by atoms with E-state index in [0.717, 1.165) is 34.4 Å². The maximum atomic E-state index is 4.01. The molecule has 3 rings (SSSR count). The van der Waals surface area contributed by atoms with Gasteiger partial charge in [-0.1, -0.05) is 22.0 Å². The molecule has 3 aliphatic carbocycles. The number of hydrogen-bond donors (Lipinski definition) is 0. The zero-order chi connectivity index (χ0) is 13.2. The fraction of sp³-hybridized carbons (Fsp3) is 0.889. The lowest BCUT2D eigenvalue weighted by atomic mass is 9.61. The second-order valence-corrected chi connectivity index (χ2v) is 8.71. The van der Waals surface area contributed by atoms with Gasteiger partial charge < -0.3 is 0 Å². The molecule has 0 aliphatic heterocycles. The molecule has 19 heavy (non-hydrogen) atoms. The quantitative estimate of drug-likeness (QED) is 0.434. The summed E-state index contributed by atoms with van der Waals surface area (Å²) in [6.45, 7) is 4.01. The van der Waals surface area contributed by atoms with Crippen LogP contribution in [0.4, 0.5) is 0 Å². The first-order valence-corrected chi connectivity index (χ1v) is 9.44. The Morgan fingerprint density at radius 2 is 1.21 bits per heavy atom. The summed E-state index contributed by atoms with van der Waals surface area (Å²) in [5.74, 6) is 5.08. The molecule has 0 saturated heterocycles. The molecule has 1 heteroatoms. The molecule has 0 nitrogen and oxygen atoms in total. The highest BCUT2D eigenvalue weighted by Gasteiger charge is 2.37. The second-order valence-electron chi connectivity index (χ2n) is 7.41. The van der Waals surface area contributed by atoms with E-state index in [0.29, 0.717) is 0 Å². The van der Waals surface area contributed by atoms with Gasteiger partial charge in [-0.05, 0) is 93.8 Å². The molecule has 0 N–H and O–H groups in total. The van der Waals surface area contributed by atoms with E-state index in [4.69, 9.17) is 0 Å². The first-order valence-electron chi connectivity index (χ1n) is 8.53. The van der Waals surface area contributed by atoms with Crippen molar-refractivity contribution in [3.05, 3.63) is 12.7 Å². The number of allylic oxidation sites excluding steroid dienone is 1. The third-order valence-electron chi connectivity index (χ3n) is 6.40. The average Bonchev–Trinajstić information content (AvgIpc) is 2.47. The van der Waals surface area contributed by atoms with Gasteiger partial charge in [-0.2, -0.15) is 0 Å². The normalized spacial score (nSPS) is 47.4. The van der Waals surface area contributed by atoms with Crippen LogP contribution >= 0.6 is 15.9 Å². The maximum Gasteiger partial charge on any atom is 0.0146 e. The molecule has 0 aromatic carbocycles. The number of fused-ring (bicyclic) bond motifs is 1. The topological polar surface area (TPSA) is 0 Å². The SMILES string of the molecule is C=CC1CCC2CC(C3CCC(Br)CC3)CCC2C1. The molecule has 0 radical (unpaired) electrons. The summed E-state index contributed by atoms with van der Waals surface area (Å²) in [7, 11) is 0. The molecule has 4 unspecified atom stereocenters. The average molecular weight is 325 g/mol. The van der Waals surface area contributed by atoms with E-state index >= 15 is 0 Å². The summed E-state index contributed by atoms with van der Waals surface area (Å²) < 4.78 is 0. The lowest BCUT2D eigenvalue weighted by Gasteiger charge is -2.44. The first-order chi connectivity index (χ1) is 9.26. The smallest absolute Gasteiger partial charge is 0.0146 e. The monoisotopic (exact) mass is 324 g/mol. The Morgan fingerprint density at radius 1 is 0.684 bits per heavy atom. The van der Waals surface area contributed by atoms with Crippen LogP contribution in [0, 0.1) is 29.6 Å². The third kappa shape index (κ3) is 3.28. The van der Waals surface area contributed by atoms with Gasteiger partial charge in [0, 0.05) is 4.83 Å². The standard InChI is InChI=1S/C18H29Br/c1-2-13-3-4-17-12-16(6-5-15(17)11-13)14-7-9-18(19)10-8-14/h2,13-18H,1,3-12H2. The minimum absolute atomic E-state index is 0.822. The van der Waals surface area contributed by atoms with E-state index in [-0.39, 0.29) is 0 Å². The second kappa shape index (κ2) is 6.33. The summed E-state index contributed by atoms with van der Waals surface area (Å²) in [5, 5.41) is 0. The highest BCUT2D eigenvalue weighted by molar-refractivity contribution is 9.09. The Kier molecular flexibility index (Phi) is 4.72. The van der Waals surface area contributed by atoms with Gasteiger partial charge in [0.2, 0.25) is 0 Å². The van der Waals surface area contributed by atoms with Crippen molar-refractivity contribution in [1.82, 2.24) is 0 Å². The summed E-state index contributed by atoms with van der Waals surface area (Å²) >= 11 is 3.80. The Labute approximate surface area is 127 Å². The lowest BCUT2D eigenvalue weighted by molar-refractivity contribution is 0.0747. The van der Waals surface area contributed by atoms with Crippen LogP contribution in [-0.2, 0) is 0 Å². The predicted molar refractivity (Wildman–Crippen MR) is 86.5 cm³/mol. The van der Waals surface area contributed by atoms with Crippen LogP contribution in [0.5, 0.6) is 0 Å². The van der Waals surface area contributed by atoms with Gasteiger partial charge in [-0.3, -0.25) is 0 Å². The van der Waals surface area contributed by atoms with Gasteiger partial charge in [0.15, 0.2) is 0 Å². The fourth-order valence-corrected chi connectivity index (χ4v) is 5.68. The fourth-order valence-electron chi connectivity index (χ4n) is 5.15. The van der Waals surface area contributed by atoms with Crippen LogP contribution in [-0.4, -0.2) is 4.83 Å². The van der Waals surface area contributed by atoms with E-state index in [9.17, 15) is 0 Å². The van der Waals surface area contributed by atoms with Crippen molar-refractivity contribution >= 4 is 15.9 Å². The van der Waals surface area contributed by atoms with Crippen molar-refractivity contribution in [1.29, 1.82) is 0 Å². The molecule has 3 fully saturated rings. The maximum absolute atomic E-state index is 4.01. The zero-order valence-electron chi connectivity index (χ0n) is 12.2. The number of hydrogen-bond acceptors (Lipinski definition) is 0. The van der Waals surface area contributed by atoms with Gasteiger partial charge >= 0.3 is 0 Å². The van der Waals surface area contributed by atoms with Crippen LogP contribution in [0.1, 0.15) is 64.2 Å². The Balaban J connectivity index is 1.53. The van der Waals surface area contributed by atoms with E-state index in [1.165, 1.54) is 57.8 Å². The molecule has 0 aromatic heterocycles. The number of halogens is 1. The van der Waals surface area contributed by atoms with Crippen molar-refractivity contribution in [2.45, 2.75) is 69.0 Å². The summed E-state index contributed by atoms with van der Waals surface area (Å²) in [6.07, 6.45) is 17.0. The van der Waals surface area contributed by atoms with Gasteiger partial charge in [-0.15, -0.1) is 6.58 Å². The molecule has 108 valence electrons. The Morgan fingerprint density at radius 3 is 1.89 bits per heavy atom. The highest BCUT2D eigenvalue weighted by Crippen LogP contribution is 2.49. The molecular weight excluding hydrogens is 296 g/mol. The van der Waals surface area contributed by atoms with Gasteiger partial charge in [0.1, 0.15) is 0 Å².